The molecule has 1 saturated carbocycles. The quantitative estimate of drug-likeness (QED) is 0.864. The summed E-state index contributed by atoms with van der Waals surface area (Å²) in [4.78, 5) is 4.50. The Balaban J connectivity index is 2.18. The van der Waals surface area contributed by atoms with Gasteiger partial charge in [-0.25, -0.2) is 0 Å². The van der Waals surface area contributed by atoms with Gasteiger partial charge in [-0.1, -0.05) is 38.7 Å². The maximum absolute atomic E-state index is 6.47. The number of pyridine rings is 1. The van der Waals surface area contributed by atoms with Crippen molar-refractivity contribution < 1.29 is 0 Å². The summed E-state index contributed by atoms with van der Waals surface area (Å²) in [6, 6.07) is 4.23. The molecular formula is C15H24N2. The molecule has 0 aliphatic heterocycles. The van der Waals surface area contributed by atoms with Crippen LogP contribution < -0.4 is 5.73 Å². The van der Waals surface area contributed by atoms with Crippen LogP contribution >= 0.6 is 0 Å². The molecule has 1 heterocycles. The predicted octanol–water partition coefficient (Wildman–Crippen LogP) is 3.61. The second-order valence-electron chi connectivity index (χ2n) is 5.35. The largest absolute Gasteiger partial charge is 0.322 e. The fourth-order valence-corrected chi connectivity index (χ4v) is 3.27. The smallest absolute Gasteiger partial charge is 0.0603 e. The highest BCUT2D eigenvalue weighted by molar-refractivity contribution is 5.21. The first-order valence-corrected chi connectivity index (χ1v) is 6.91. The minimum absolute atomic E-state index is 0.126. The summed E-state index contributed by atoms with van der Waals surface area (Å²) in [6.07, 6.45) is 8.45. The van der Waals surface area contributed by atoms with Gasteiger partial charge in [0.15, 0.2) is 0 Å². The van der Waals surface area contributed by atoms with Gasteiger partial charge in [-0.05, 0) is 36.8 Å². The summed E-state index contributed by atoms with van der Waals surface area (Å²) < 4.78 is 0. The minimum Gasteiger partial charge on any atom is -0.322 e. The molecule has 1 aromatic heterocycles. The Bertz CT molecular complexity index is 362. The second-order valence-corrected chi connectivity index (χ2v) is 5.35. The molecule has 0 saturated heterocycles. The lowest BCUT2D eigenvalue weighted by Gasteiger charge is -2.35. The molecular weight excluding hydrogens is 208 g/mol. The maximum atomic E-state index is 6.47. The summed E-state index contributed by atoms with van der Waals surface area (Å²) in [5.74, 6) is 1.42. The van der Waals surface area contributed by atoms with E-state index in [1.54, 1.807) is 0 Å². The molecule has 2 rings (SSSR count). The Labute approximate surface area is 105 Å². The Kier molecular flexibility index (Phi) is 4.16. The van der Waals surface area contributed by atoms with Crippen LogP contribution in [0.4, 0.5) is 0 Å². The fraction of sp³-hybridized carbons (Fsp3) is 0.667. The van der Waals surface area contributed by atoms with Crippen LogP contribution in [0.2, 0.25) is 0 Å². The molecule has 0 aromatic carbocycles. The molecule has 3 atom stereocenters. The molecule has 1 aliphatic rings. The van der Waals surface area contributed by atoms with Crippen molar-refractivity contribution in [2.45, 2.75) is 52.0 Å². The van der Waals surface area contributed by atoms with Gasteiger partial charge in [0.25, 0.3) is 0 Å². The van der Waals surface area contributed by atoms with E-state index in [0.717, 1.165) is 11.6 Å². The lowest BCUT2D eigenvalue weighted by Crippen LogP contribution is -2.31. The van der Waals surface area contributed by atoms with E-state index < -0.39 is 0 Å². The molecule has 1 aliphatic carbocycles. The van der Waals surface area contributed by atoms with Gasteiger partial charge in [0.05, 0.1) is 11.7 Å². The number of aromatic nitrogens is 1. The highest BCUT2D eigenvalue weighted by atomic mass is 14.8. The zero-order chi connectivity index (χ0) is 12.3. The lowest BCUT2D eigenvalue weighted by molar-refractivity contribution is 0.194. The molecule has 1 fully saturated rings. The van der Waals surface area contributed by atoms with Gasteiger partial charge < -0.3 is 5.73 Å². The van der Waals surface area contributed by atoms with Crippen LogP contribution in [0, 0.1) is 18.8 Å². The number of rotatable bonds is 3. The van der Waals surface area contributed by atoms with Gasteiger partial charge in [0.2, 0.25) is 0 Å². The molecule has 3 unspecified atom stereocenters. The van der Waals surface area contributed by atoms with Gasteiger partial charge in [-0.2, -0.15) is 0 Å². The number of aryl methyl sites for hydroxylation is 1. The normalized spacial score (nSPS) is 26.8. The number of nitrogens with zero attached hydrogens (tertiary/aromatic N) is 1. The highest BCUT2D eigenvalue weighted by Crippen LogP contribution is 2.39. The van der Waals surface area contributed by atoms with Crippen LogP contribution in [-0.4, -0.2) is 4.98 Å². The molecule has 0 bridgehead atoms. The van der Waals surface area contributed by atoms with E-state index >= 15 is 0 Å². The summed E-state index contributed by atoms with van der Waals surface area (Å²) in [7, 11) is 0. The van der Waals surface area contributed by atoms with E-state index in [2.05, 4.69) is 24.9 Å². The van der Waals surface area contributed by atoms with E-state index in [1.165, 1.54) is 37.7 Å². The SMILES string of the molecule is CCC1CCCCC1C(N)c1ncccc1C. The first kappa shape index (κ1) is 12.6. The Morgan fingerprint density at radius 3 is 2.88 bits per heavy atom. The Morgan fingerprint density at radius 1 is 1.41 bits per heavy atom. The van der Waals surface area contributed by atoms with Gasteiger partial charge >= 0.3 is 0 Å². The van der Waals surface area contributed by atoms with Crippen molar-refractivity contribution in [2.24, 2.45) is 17.6 Å². The van der Waals surface area contributed by atoms with Crippen LogP contribution in [0.3, 0.4) is 0 Å². The van der Waals surface area contributed by atoms with Crippen LogP contribution in [0.1, 0.15) is 56.3 Å². The van der Waals surface area contributed by atoms with E-state index in [1.807, 2.05) is 12.3 Å². The van der Waals surface area contributed by atoms with Gasteiger partial charge in [-0.3, -0.25) is 4.98 Å². The number of hydrogen-bond donors (Lipinski definition) is 1. The third-order valence-corrected chi connectivity index (χ3v) is 4.32. The molecule has 0 spiro atoms. The third-order valence-electron chi connectivity index (χ3n) is 4.32. The third kappa shape index (κ3) is 2.68. The van der Waals surface area contributed by atoms with Crippen molar-refractivity contribution in [1.82, 2.24) is 4.98 Å². The zero-order valence-electron chi connectivity index (χ0n) is 11.0. The van der Waals surface area contributed by atoms with Crippen molar-refractivity contribution in [3.63, 3.8) is 0 Å². The highest BCUT2D eigenvalue weighted by Gasteiger charge is 2.30. The molecule has 0 radical (unpaired) electrons. The number of nitrogens with two attached hydrogens (primary N) is 1. The molecule has 2 heteroatoms. The molecule has 2 N–H and O–H groups in total. The minimum atomic E-state index is 0.126. The van der Waals surface area contributed by atoms with E-state index in [-0.39, 0.29) is 6.04 Å². The Hall–Kier alpha value is -0.890. The van der Waals surface area contributed by atoms with Crippen molar-refractivity contribution in [3.8, 4) is 0 Å². The van der Waals surface area contributed by atoms with Gasteiger partial charge in [-0.15, -0.1) is 0 Å². The van der Waals surface area contributed by atoms with Crippen LogP contribution in [0.15, 0.2) is 18.3 Å². The molecule has 94 valence electrons. The average Bonchev–Trinajstić information content (AvgIpc) is 2.38. The van der Waals surface area contributed by atoms with Crippen molar-refractivity contribution in [3.05, 3.63) is 29.6 Å². The summed E-state index contributed by atoms with van der Waals surface area (Å²) in [5, 5.41) is 0. The van der Waals surface area contributed by atoms with E-state index in [4.69, 9.17) is 5.73 Å². The maximum Gasteiger partial charge on any atom is 0.0603 e. The van der Waals surface area contributed by atoms with Gasteiger partial charge in [0.1, 0.15) is 0 Å². The van der Waals surface area contributed by atoms with Crippen molar-refractivity contribution in [2.75, 3.05) is 0 Å². The Morgan fingerprint density at radius 2 is 2.18 bits per heavy atom. The summed E-state index contributed by atoms with van der Waals surface area (Å²) in [6.45, 7) is 4.41. The van der Waals surface area contributed by atoms with Crippen LogP contribution in [-0.2, 0) is 0 Å². The van der Waals surface area contributed by atoms with Crippen molar-refractivity contribution >= 4 is 0 Å². The average molecular weight is 232 g/mol. The first-order chi connectivity index (χ1) is 8.24. The van der Waals surface area contributed by atoms with Crippen molar-refractivity contribution in [1.29, 1.82) is 0 Å². The lowest BCUT2D eigenvalue weighted by atomic mass is 9.73. The molecule has 17 heavy (non-hydrogen) atoms. The van der Waals surface area contributed by atoms with E-state index in [9.17, 15) is 0 Å². The van der Waals surface area contributed by atoms with Crippen LogP contribution in [0.25, 0.3) is 0 Å². The van der Waals surface area contributed by atoms with Gasteiger partial charge in [0, 0.05) is 6.20 Å². The van der Waals surface area contributed by atoms with Crippen LogP contribution in [0.5, 0.6) is 0 Å². The first-order valence-electron chi connectivity index (χ1n) is 6.91. The molecule has 0 amide bonds. The zero-order valence-corrected chi connectivity index (χ0v) is 11.0. The monoisotopic (exact) mass is 232 g/mol. The predicted molar refractivity (Wildman–Crippen MR) is 71.6 cm³/mol. The number of hydrogen-bond acceptors (Lipinski definition) is 2. The summed E-state index contributed by atoms with van der Waals surface area (Å²) in [5.41, 5.74) is 8.82. The van der Waals surface area contributed by atoms with E-state index in [0.29, 0.717) is 5.92 Å². The molecule has 2 nitrogen and oxygen atoms in total. The fourth-order valence-electron chi connectivity index (χ4n) is 3.27. The summed E-state index contributed by atoms with van der Waals surface area (Å²) >= 11 is 0. The molecule has 1 aromatic rings. The standard InChI is InChI=1S/C15H24N2/c1-3-12-8-4-5-9-13(12)14(16)15-11(2)7-6-10-17-15/h6-7,10,12-14H,3-5,8-9,16H2,1-2H3. The second kappa shape index (κ2) is 5.63. The topological polar surface area (TPSA) is 38.9 Å².